The SMILES string of the molecule is CC(=O)c1ccc(OCCCC(=O)NCCSSc2ccccn2)cc1. The summed E-state index contributed by atoms with van der Waals surface area (Å²) in [5.74, 6) is 1.60. The maximum absolute atomic E-state index is 11.8. The topological polar surface area (TPSA) is 68.3 Å². The molecule has 0 saturated carbocycles. The molecule has 0 bridgehead atoms. The van der Waals surface area contributed by atoms with Crippen molar-refractivity contribution in [2.75, 3.05) is 18.9 Å². The van der Waals surface area contributed by atoms with Crippen molar-refractivity contribution in [3.05, 3.63) is 54.2 Å². The molecular formula is C19H22N2O3S2. The molecule has 26 heavy (non-hydrogen) atoms. The van der Waals surface area contributed by atoms with Crippen molar-refractivity contribution in [1.29, 1.82) is 0 Å². The summed E-state index contributed by atoms with van der Waals surface area (Å²) in [6.07, 6.45) is 2.85. The van der Waals surface area contributed by atoms with E-state index in [0.717, 1.165) is 10.8 Å². The van der Waals surface area contributed by atoms with Crippen LogP contribution in [-0.2, 0) is 4.79 Å². The Labute approximate surface area is 161 Å². The summed E-state index contributed by atoms with van der Waals surface area (Å²) >= 11 is 0. The summed E-state index contributed by atoms with van der Waals surface area (Å²) in [5, 5.41) is 3.87. The quantitative estimate of drug-likeness (QED) is 0.355. The van der Waals surface area contributed by atoms with Crippen molar-refractivity contribution >= 4 is 33.3 Å². The van der Waals surface area contributed by atoms with Crippen LogP contribution < -0.4 is 10.1 Å². The summed E-state index contributed by atoms with van der Waals surface area (Å²) in [4.78, 5) is 27.2. The Morgan fingerprint density at radius 3 is 2.65 bits per heavy atom. The molecule has 0 aliphatic heterocycles. The fraction of sp³-hybridized carbons (Fsp3) is 0.316. The molecule has 2 rings (SSSR count). The zero-order chi connectivity index (χ0) is 18.6. The van der Waals surface area contributed by atoms with Gasteiger partial charge in [-0.05, 0) is 60.5 Å². The number of pyridine rings is 1. The number of carbonyl (C=O) groups excluding carboxylic acids is 2. The Balaban J connectivity index is 1.50. The lowest BCUT2D eigenvalue weighted by Crippen LogP contribution is -2.25. The molecule has 5 nitrogen and oxygen atoms in total. The zero-order valence-corrected chi connectivity index (χ0v) is 16.3. The van der Waals surface area contributed by atoms with Crippen LogP contribution in [0.15, 0.2) is 53.7 Å². The predicted molar refractivity (Wildman–Crippen MR) is 107 cm³/mol. The molecule has 1 N–H and O–H groups in total. The van der Waals surface area contributed by atoms with Gasteiger partial charge in [0.15, 0.2) is 5.78 Å². The number of hydrogen-bond acceptors (Lipinski definition) is 6. The molecule has 1 amide bonds. The van der Waals surface area contributed by atoms with Crippen molar-refractivity contribution in [3.63, 3.8) is 0 Å². The van der Waals surface area contributed by atoms with Gasteiger partial charge < -0.3 is 10.1 Å². The largest absolute Gasteiger partial charge is 0.494 e. The molecule has 7 heteroatoms. The Morgan fingerprint density at radius 2 is 1.96 bits per heavy atom. The van der Waals surface area contributed by atoms with Gasteiger partial charge in [0.2, 0.25) is 5.91 Å². The average molecular weight is 391 g/mol. The van der Waals surface area contributed by atoms with E-state index in [9.17, 15) is 9.59 Å². The highest BCUT2D eigenvalue weighted by Gasteiger charge is 2.03. The van der Waals surface area contributed by atoms with E-state index in [0.29, 0.717) is 37.3 Å². The number of amides is 1. The number of benzene rings is 1. The third-order valence-corrected chi connectivity index (χ3v) is 5.63. The lowest BCUT2D eigenvalue weighted by Gasteiger charge is -2.07. The fourth-order valence-corrected chi connectivity index (χ4v) is 3.81. The van der Waals surface area contributed by atoms with E-state index in [4.69, 9.17) is 4.74 Å². The first-order chi connectivity index (χ1) is 12.6. The van der Waals surface area contributed by atoms with Gasteiger partial charge in [-0.3, -0.25) is 9.59 Å². The summed E-state index contributed by atoms with van der Waals surface area (Å²) < 4.78 is 5.58. The molecule has 0 atom stereocenters. The second-order valence-electron chi connectivity index (χ2n) is 5.46. The lowest BCUT2D eigenvalue weighted by molar-refractivity contribution is -0.121. The molecule has 1 aromatic heterocycles. The molecule has 138 valence electrons. The van der Waals surface area contributed by atoms with Crippen LogP contribution in [0, 0.1) is 0 Å². The second kappa shape index (κ2) is 11.6. The van der Waals surface area contributed by atoms with Crippen molar-refractivity contribution < 1.29 is 14.3 Å². The molecular weight excluding hydrogens is 368 g/mol. The van der Waals surface area contributed by atoms with Crippen molar-refractivity contribution in [3.8, 4) is 5.75 Å². The van der Waals surface area contributed by atoms with Crippen LogP contribution in [0.3, 0.4) is 0 Å². The third-order valence-electron chi connectivity index (χ3n) is 3.37. The number of nitrogens with one attached hydrogen (secondary N) is 1. The summed E-state index contributed by atoms with van der Waals surface area (Å²) in [6.45, 7) is 2.64. The molecule has 1 aromatic carbocycles. The van der Waals surface area contributed by atoms with Crippen molar-refractivity contribution in [2.24, 2.45) is 0 Å². The third kappa shape index (κ3) is 7.93. The van der Waals surface area contributed by atoms with Crippen LogP contribution in [0.1, 0.15) is 30.1 Å². The van der Waals surface area contributed by atoms with E-state index in [1.54, 1.807) is 52.1 Å². The Hall–Kier alpha value is -1.99. The normalized spacial score (nSPS) is 10.3. The van der Waals surface area contributed by atoms with E-state index in [-0.39, 0.29) is 11.7 Å². The Morgan fingerprint density at radius 1 is 1.15 bits per heavy atom. The minimum Gasteiger partial charge on any atom is -0.494 e. The molecule has 0 spiro atoms. The maximum Gasteiger partial charge on any atom is 0.220 e. The van der Waals surface area contributed by atoms with Gasteiger partial charge in [-0.25, -0.2) is 4.98 Å². The summed E-state index contributed by atoms with van der Waals surface area (Å²) in [6, 6.07) is 12.8. The minimum absolute atomic E-state index is 0.0314. The first-order valence-electron chi connectivity index (χ1n) is 8.36. The summed E-state index contributed by atoms with van der Waals surface area (Å²) in [5.41, 5.74) is 0.663. The molecule has 0 unspecified atom stereocenters. The predicted octanol–water partition coefficient (Wildman–Crippen LogP) is 4.00. The van der Waals surface area contributed by atoms with Gasteiger partial charge in [0.05, 0.1) is 6.61 Å². The van der Waals surface area contributed by atoms with Crippen LogP contribution in [0.2, 0.25) is 0 Å². The first kappa shape index (κ1) is 20.3. The van der Waals surface area contributed by atoms with E-state index in [2.05, 4.69) is 10.3 Å². The van der Waals surface area contributed by atoms with Gasteiger partial charge in [0.25, 0.3) is 0 Å². The van der Waals surface area contributed by atoms with Crippen molar-refractivity contribution in [1.82, 2.24) is 10.3 Å². The average Bonchev–Trinajstić information content (AvgIpc) is 2.66. The number of nitrogens with zero attached hydrogens (tertiary/aromatic N) is 1. The second-order valence-corrected chi connectivity index (χ2v) is 7.89. The molecule has 0 aliphatic carbocycles. The standard InChI is InChI=1S/C19H22N2O3S2/c1-15(22)16-7-9-17(10-8-16)24-13-4-5-18(23)20-12-14-25-26-19-6-2-3-11-21-19/h2-3,6-11H,4-5,12-14H2,1H3,(H,20,23). The van der Waals surface area contributed by atoms with Crippen molar-refractivity contribution in [2.45, 2.75) is 24.8 Å². The fourth-order valence-electron chi connectivity index (χ4n) is 2.03. The van der Waals surface area contributed by atoms with Crippen LogP contribution in [0.25, 0.3) is 0 Å². The van der Waals surface area contributed by atoms with Gasteiger partial charge in [-0.15, -0.1) is 0 Å². The van der Waals surface area contributed by atoms with Gasteiger partial charge >= 0.3 is 0 Å². The maximum atomic E-state index is 11.8. The Kier molecular flexibility index (Phi) is 9.06. The Bertz CT molecular complexity index is 694. The van der Waals surface area contributed by atoms with Crippen LogP contribution in [0.4, 0.5) is 0 Å². The van der Waals surface area contributed by atoms with Gasteiger partial charge in [0, 0.05) is 30.5 Å². The minimum atomic E-state index is 0.0314. The number of ketones is 1. The molecule has 0 saturated heterocycles. The highest BCUT2D eigenvalue weighted by Crippen LogP contribution is 2.28. The van der Waals surface area contributed by atoms with E-state index in [1.165, 1.54) is 6.92 Å². The van der Waals surface area contributed by atoms with Gasteiger partial charge in [0.1, 0.15) is 10.8 Å². The van der Waals surface area contributed by atoms with E-state index < -0.39 is 0 Å². The van der Waals surface area contributed by atoms with Crippen LogP contribution in [0.5, 0.6) is 5.75 Å². The highest BCUT2D eigenvalue weighted by molar-refractivity contribution is 8.76. The number of Topliss-reactive ketones (excluding diaryl/α,β-unsaturated/α-hetero) is 1. The number of carbonyl (C=O) groups is 2. The summed E-state index contributed by atoms with van der Waals surface area (Å²) in [7, 11) is 3.27. The zero-order valence-electron chi connectivity index (χ0n) is 14.6. The number of hydrogen-bond donors (Lipinski definition) is 1. The monoisotopic (exact) mass is 390 g/mol. The van der Waals surface area contributed by atoms with Gasteiger partial charge in [-0.2, -0.15) is 0 Å². The molecule has 1 heterocycles. The van der Waals surface area contributed by atoms with Crippen LogP contribution >= 0.6 is 21.6 Å². The smallest absolute Gasteiger partial charge is 0.220 e. The number of ether oxygens (including phenoxy) is 1. The first-order valence-corrected chi connectivity index (χ1v) is 10.7. The number of rotatable bonds is 11. The lowest BCUT2D eigenvalue weighted by atomic mass is 10.1. The van der Waals surface area contributed by atoms with E-state index in [1.807, 2.05) is 18.2 Å². The molecule has 2 aromatic rings. The van der Waals surface area contributed by atoms with Crippen LogP contribution in [-0.4, -0.2) is 35.6 Å². The molecule has 0 radical (unpaired) electrons. The number of aromatic nitrogens is 1. The highest BCUT2D eigenvalue weighted by atomic mass is 33.1. The molecule has 0 aliphatic rings. The van der Waals surface area contributed by atoms with Gasteiger partial charge in [-0.1, -0.05) is 16.9 Å². The van der Waals surface area contributed by atoms with E-state index >= 15 is 0 Å². The molecule has 0 fully saturated rings.